The second kappa shape index (κ2) is 8.48. The number of thiazole rings is 1. The molecule has 7 nitrogen and oxygen atoms in total. The van der Waals surface area contributed by atoms with Crippen LogP contribution >= 0.6 is 11.3 Å². The van der Waals surface area contributed by atoms with Crippen LogP contribution in [0.15, 0.2) is 66.7 Å². The molecule has 1 amide bonds. The Balaban J connectivity index is 1.28. The van der Waals surface area contributed by atoms with E-state index >= 15 is 0 Å². The van der Waals surface area contributed by atoms with Gasteiger partial charge in [-0.1, -0.05) is 53.3 Å². The number of amides is 1. The molecule has 0 spiro atoms. The Hall–Kier alpha value is -4.04. The van der Waals surface area contributed by atoms with Crippen LogP contribution in [0.1, 0.15) is 22.8 Å². The average molecular weight is 457 g/mol. The van der Waals surface area contributed by atoms with E-state index in [1.807, 2.05) is 55.5 Å². The molecule has 33 heavy (non-hydrogen) atoms. The molecule has 0 aliphatic carbocycles. The minimum Gasteiger partial charge on any atom is -0.449 e. The first kappa shape index (κ1) is 20.8. The number of aromatic nitrogens is 3. The molecule has 3 aromatic carbocycles. The van der Waals surface area contributed by atoms with Crippen molar-refractivity contribution in [2.45, 2.75) is 20.0 Å². The number of anilines is 1. The quantitative estimate of drug-likeness (QED) is 0.348. The number of H-pyrrole nitrogens is 1. The Morgan fingerprint density at radius 3 is 2.58 bits per heavy atom. The van der Waals surface area contributed by atoms with Gasteiger partial charge in [0.15, 0.2) is 11.2 Å². The molecular weight excluding hydrogens is 436 g/mol. The van der Waals surface area contributed by atoms with E-state index in [2.05, 4.69) is 20.3 Å². The lowest BCUT2D eigenvalue weighted by molar-refractivity contribution is -0.123. The lowest BCUT2D eigenvalue weighted by Crippen LogP contribution is -2.29. The molecule has 0 saturated heterocycles. The second-order valence-corrected chi connectivity index (χ2v) is 8.74. The Kier molecular flexibility index (Phi) is 5.35. The number of hydrogen-bond donors (Lipinski definition) is 2. The third-order valence-electron chi connectivity index (χ3n) is 5.22. The maximum Gasteiger partial charge on any atom is 0.338 e. The van der Waals surface area contributed by atoms with Gasteiger partial charge in [-0.15, -0.1) is 0 Å². The van der Waals surface area contributed by atoms with E-state index in [0.717, 1.165) is 27.1 Å². The molecule has 164 valence electrons. The lowest BCUT2D eigenvalue weighted by Gasteiger charge is -2.12. The first-order valence-corrected chi connectivity index (χ1v) is 11.2. The Bertz CT molecular complexity index is 1450. The maximum absolute atomic E-state index is 12.7. The zero-order chi connectivity index (χ0) is 22.9. The molecule has 2 heterocycles. The number of fused-ring (bicyclic) bond motifs is 2. The number of carbonyl (C=O) groups excluding carboxylic acids is 2. The molecule has 0 saturated carbocycles. The van der Waals surface area contributed by atoms with Crippen molar-refractivity contribution in [1.82, 2.24) is 15.0 Å². The van der Waals surface area contributed by atoms with Crippen LogP contribution in [-0.2, 0) is 9.53 Å². The molecule has 1 unspecified atom stereocenters. The van der Waals surface area contributed by atoms with Crippen molar-refractivity contribution < 1.29 is 14.3 Å². The van der Waals surface area contributed by atoms with Gasteiger partial charge in [-0.2, -0.15) is 0 Å². The molecule has 0 aliphatic heterocycles. The maximum atomic E-state index is 12.7. The van der Waals surface area contributed by atoms with Crippen molar-refractivity contribution in [3.63, 3.8) is 0 Å². The summed E-state index contributed by atoms with van der Waals surface area (Å²) in [6.45, 7) is 3.56. The Labute approximate surface area is 193 Å². The van der Waals surface area contributed by atoms with E-state index in [1.54, 1.807) is 18.2 Å². The van der Waals surface area contributed by atoms with Crippen molar-refractivity contribution in [1.29, 1.82) is 0 Å². The Morgan fingerprint density at radius 2 is 1.79 bits per heavy atom. The number of ether oxygens (including phenoxy) is 1. The van der Waals surface area contributed by atoms with Gasteiger partial charge < -0.3 is 9.72 Å². The van der Waals surface area contributed by atoms with Crippen LogP contribution in [0.3, 0.4) is 0 Å². The van der Waals surface area contributed by atoms with Crippen LogP contribution in [0.2, 0.25) is 0 Å². The molecule has 0 radical (unpaired) electrons. The van der Waals surface area contributed by atoms with Crippen LogP contribution in [0.4, 0.5) is 5.13 Å². The minimum absolute atomic E-state index is 0.334. The number of benzene rings is 3. The van der Waals surface area contributed by atoms with Crippen molar-refractivity contribution in [3.8, 4) is 11.4 Å². The van der Waals surface area contributed by atoms with Gasteiger partial charge in [0.1, 0.15) is 5.82 Å². The molecule has 0 bridgehead atoms. The second-order valence-electron chi connectivity index (χ2n) is 7.71. The fourth-order valence-electron chi connectivity index (χ4n) is 3.40. The van der Waals surface area contributed by atoms with Gasteiger partial charge in [0.05, 0.1) is 26.8 Å². The zero-order valence-corrected chi connectivity index (χ0v) is 18.8. The first-order chi connectivity index (χ1) is 16.0. The van der Waals surface area contributed by atoms with Crippen molar-refractivity contribution >= 4 is 49.6 Å². The third kappa shape index (κ3) is 4.33. The van der Waals surface area contributed by atoms with E-state index in [4.69, 9.17) is 4.74 Å². The Morgan fingerprint density at radius 1 is 1.00 bits per heavy atom. The smallest absolute Gasteiger partial charge is 0.338 e. The fourth-order valence-corrected chi connectivity index (χ4v) is 4.27. The molecule has 0 fully saturated rings. The number of hydrogen-bond acceptors (Lipinski definition) is 6. The van der Waals surface area contributed by atoms with Gasteiger partial charge in [0.25, 0.3) is 5.91 Å². The first-order valence-electron chi connectivity index (χ1n) is 10.4. The average Bonchev–Trinajstić information content (AvgIpc) is 3.42. The van der Waals surface area contributed by atoms with E-state index < -0.39 is 18.0 Å². The van der Waals surface area contributed by atoms with Crippen LogP contribution in [0.25, 0.3) is 32.6 Å². The number of nitrogens with zero attached hydrogens (tertiary/aromatic N) is 2. The summed E-state index contributed by atoms with van der Waals surface area (Å²) in [5.74, 6) is -0.305. The number of aromatic amines is 1. The van der Waals surface area contributed by atoms with Gasteiger partial charge in [0, 0.05) is 5.56 Å². The normalized spacial score (nSPS) is 12.1. The van der Waals surface area contributed by atoms with Crippen LogP contribution < -0.4 is 5.32 Å². The lowest BCUT2D eigenvalue weighted by atomic mass is 10.1. The molecule has 5 aromatic rings. The molecule has 2 aromatic heterocycles. The summed E-state index contributed by atoms with van der Waals surface area (Å²) in [6, 6.07) is 20.7. The van der Waals surface area contributed by atoms with Crippen LogP contribution in [0, 0.1) is 6.92 Å². The van der Waals surface area contributed by atoms with Crippen molar-refractivity contribution in [3.05, 3.63) is 77.9 Å². The highest BCUT2D eigenvalue weighted by Gasteiger charge is 2.21. The zero-order valence-electron chi connectivity index (χ0n) is 18.0. The van der Waals surface area contributed by atoms with E-state index in [9.17, 15) is 9.59 Å². The van der Waals surface area contributed by atoms with Crippen molar-refractivity contribution in [2.75, 3.05) is 5.32 Å². The summed E-state index contributed by atoms with van der Waals surface area (Å²) in [6.07, 6.45) is -0.981. The standard InChI is InChI=1S/C25H20N4O3S/c1-14-7-9-16(10-8-14)22-26-18-12-11-17(13-20(18)27-22)24(31)32-15(2)23(30)29-25-28-19-5-3-4-6-21(19)33-25/h3-13,15H,1-2H3,(H,26,27)(H,28,29,30). The molecule has 1 atom stereocenters. The van der Waals surface area contributed by atoms with Crippen molar-refractivity contribution in [2.24, 2.45) is 0 Å². The van der Waals surface area contributed by atoms with E-state index in [0.29, 0.717) is 16.2 Å². The summed E-state index contributed by atoms with van der Waals surface area (Å²) in [5.41, 5.74) is 4.72. The highest BCUT2D eigenvalue weighted by atomic mass is 32.1. The predicted octanol–water partition coefficient (Wildman–Crippen LogP) is 5.33. The van der Waals surface area contributed by atoms with Gasteiger partial charge in [-0.05, 0) is 44.2 Å². The fraction of sp³-hybridized carbons (Fsp3) is 0.120. The molecule has 0 aliphatic rings. The van der Waals surface area contributed by atoms with Gasteiger partial charge in [-0.3, -0.25) is 10.1 Å². The number of rotatable bonds is 5. The molecule has 8 heteroatoms. The SMILES string of the molecule is Cc1ccc(-c2nc3ccc(C(=O)OC(C)C(=O)Nc4nc5ccccc5s4)cc3[nH]2)cc1. The number of esters is 1. The van der Waals surface area contributed by atoms with Crippen LogP contribution in [0.5, 0.6) is 0 Å². The monoisotopic (exact) mass is 456 g/mol. The molecule has 5 rings (SSSR count). The van der Waals surface area contributed by atoms with Gasteiger partial charge >= 0.3 is 5.97 Å². The molecular formula is C25H20N4O3S. The van der Waals surface area contributed by atoms with Crippen LogP contribution in [-0.4, -0.2) is 32.9 Å². The summed E-state index contributed by atoms with van der Waals surface area (Å²) in [4.78, 5) is 37.4. The van der Waals surface area contributed by atoms with E-state index in [-0.39, 0.29) is 0 Å². The predicted molar refractivity (Wildman–Crippen MR) is 129 cm³/mol. The third-order valence-corrected chi connectivity index (χ3v) is 6.17. The number of nitrogens with one attached hydrogen (secondary N) is 2. The van der Waals surface area contributed by atoms with Gasteiger partial charge in [0.2, 0.25) is 0 Å². The highest BCUT2D eigenvalue weighted by Crippen LogP contribution is 2.26. The topological polar surface area (TPSA) is 97.0 Å². The molecule has 2 N–H and O–H groups in total. The summed E-state index contributed by atoms with van der Waals surface area (Å²) >= 11 is 1.37. The largest absolute Gasteiger partial charge is 0.449 e. The number of aryl methyl sites for hydroxylation is 1. The number of imidazole rings is 1. The number of carbonyl (C=O) groups is 2. The summed E-state index contributed by atoms with van der Waals surface area (Å²) < 4.78 is 6.36. The summed E-state index contributed by atoms with van der Waals surface area (Å²) in [7, 11) is 0. The highest BCUT2D eigenvalue weighted by molar-refractivity contribution is 7.22. The number of para-hydroxylation sites is 1. The van der Waals surface area contributed by atoms with E-state index in [1.165, 1.54) is 23.8 Å². The minimum atomic E-state index is -0.981. The van der Waals surface area contributed by atoms with Gasteiger partial charge in [-0.25, -0.2) is 14.8 Å². The summed E-state index contributed by atoms with van der Waals surface area (Å²) in [5, 5.41) is 3.18.